The van der Waals surface area contributed by atoms with E-state index in [4.69, 9.17) is 25.7 Å². The van der Waals surface area contributed by atoms with Gasteiger partial charge in [0.1, 0.15) is 17.8 Å². The van der Waals surface area contributed by atoms with Gasteiger partial charge in [-0.15, -0.1) is 0 Å². The third-order valence-corrected chi connectivity index (χ3v) is 7.93. The lowest BCUT2D eigenvalue weighted by Gasteiger charge is -2.34. The number of primary amides is 1. The minimum absolute atomic E-state index is 0.0117. The van der Waals surface area contributed by atoms with E-state index in [2.05, 4.69) is 15.3 Å². The highest BCUT2D eigenvalue weighted by Gasteiger charge is 2.58. The van der Waals surface area contributed by atoms with Crippen molar-refractivity contribution in [1.82, 2.24) is 10.3 Å². The monoisotopic (exact) mass is 606 g/mol. The van der Waals surface area contributed by atoms with E-state index in [1.54, 1.807) is 4.90 Å². The molecule has 0 spiro atoms. The minimum Gasteiger partial charge on any atom is -0.495 e. The Hall–Kier alpha value is -4.11. The van der Waals surface area contributed by atoms with Crippen LogP contribution < -0.4 is 31.2 Å². The number of nitrogen functional groups attached to an aromatic ring is 1. The molecule has 0 radical (unpaired) electrons. The smallest absolute Gasteiger partial charge is 0.424 e. The van der Waals surface area contributed by atoms with Gasteiger partial charge >= 0.3 is 6.18 Å². The second-order valence-electron chi connectivity index (χ2n) is 11.0. The molecule has 2 atom stereocenters. The maximum absolute atomic E-state index is 14.7. The van der Waals surface area contributed by atoms with Gasteiger partial charge in [0.25, 0.3) is 5.91 Å². The maximum atomic E-state index is 14.7. The van der Waals surface area contributed by atoms with Crippen molar-refractivity contribution in [3.63, 3.8) is 0 Å². The quantitative estimate of drug-likeness (QED) is 0.243. The molecule has 2 aromatic rings. The number of nitrogens with one attached hydrogen (secondary N) is 1. The maximum Gasteiger partial charge on any atom is 0.424 e. The molecule has 5 rings (SSSR count). The molecule has 0 bridgehead atoms. The molecule has 1 aromatic heterocycles. The van der Waals surface area contributed by atoms with Crippen LogP contribution in [0.5, 0.6) is 11.5 Å². The first kappa shape index (κ1) is 30.4. The van der Waals surface area contributed by atoms with Crippen LogP contribution in [0.4, 0.5) is 24.7 Å². The molecule has 15 heteroatoms. The summed E-state index contributed by atoms with van der Waals surface area (Å²) in [6.45, 7) is 1.07. The van der Waals surface area contributed by atoms with Gasteiger partial charge in [0, 0.05) is 36.0 Å². The number of aliphatic hydroxyl groups is 1. The first-order valence-electron chi connectivity index (χ1n) is 13.7. The van der Waals surface area contributed by atoms with Gasteiger partial charge in [-0.25, -0.2) is 4.98 Å². The van der Waals surface area contributed by atoms with E-state index in [9.17, 15) is 27.9 Å². The Labute approximate surface area is 245 Å². The first-order chi connectivity index (χ1) is 20.3. The van der Waals surface area contributed by atoms with Crippen LogP contribution in [0.25, 0.3) is 0 Å². The molecular formula is C28H33F3N6O6. The molecule has 43 heavy (non-hydrogen) atoms. The summed E-state index contributed by atoms with van der Waals surface area (Å²) in [6.07, 6.45) is -1.94. The predicted octanol–water partition coefficient (Wildman–Crippen LogP) is 1.41. The number of halogens is 3. The average molecular weight is 607 g/mol. The molecule has 232 valence electrons. The summed E-state index contributed by atoms with van der Waals surface area (Å²) in [5.74, 6) is -1.50. The van der Waals surface area contributed by atoms with Crippen molar-refractivity contribution in [3.8, 4) is 11.5 Å². The zero-order chi connectivity index (χ0) is 31.2. The molecule has 2 fully saturated rings. The molecule has 1 aliphatic carbocycles. The normalized spacial score (nSPS) is 21.7. The highest BCUT2D eigenvalue weighted by atomic mass is 19.4. The topological polar surface area (TPSA) is 175 Å². The van der Waals surface area contributed by atoms with Crippen molar-refractivity contribution in [2.24, 2.45) is 10.7 Å². The van der Waals surface area contributed by atoms with Gasteiger partial charge in [0.15, 0.2) is 11.6 Å². The third-order valence-electron chi connectivity index (χ3n) is 7.93. The van der Waals surface area contributed by atoms with Crippen molar-refractivity contribution in [2.45, 2.75) is 43.0 Å². The average Bonchev–Trinajstić information content (AvgIpc) is 3.75. The van der Waals surface area contributed by atoms with E-state index in [1.165, 1.54) is 32.4 Å². The van der Waals surface area contributed by atoms with Gasteiger partial charge in [-0.1, -0.05) is 0 Å². The lowest BCUT2D eigenvalue weighted by atomic mass is 9.82. The molecule has 6 N–H and O–H groups in total. The number of fused-ring (bicyclic) bond motifs is 1. The zero-order valence-electron chi connectivity index (χ0n) is 23.7. The standard InChI is InChI=1S/C28H33F3N6O6/c1-26(25(33)39)14-43-22-18(26)11-20(36-23(22)37-5-7-42-8-6-37)27(40,28(29,30)31)13-35-24(38)15-9-16(12-34-17-3-4-17)21(32)19(10-15)41-2/h9-12,17,40H,3-8,13-14,32H2,1-2H3,(H2,33,39)(H,35,38)/t26-,27-/m0/s1. The number of nitrogens with two attached hydrogens (primary N) is 2. The number of anilines is 2. The lowest BCUT2D eigenvalue weighted by molar-refractivity contribution is -0.265. The number of methoxy groups -OCH3 is 1. The summed E-state index contributed by atoms with van der Waals surface area (Å²) in [7, 11) is 1.34. The lowest BCUT2D eigenvalue weighted by Crippen LogP contribution is -2.52. The third kappa shape index (κ3) is 5.66. The molecule has 3 aliphatic rings. The Morgan fingerprint density at radius 1 is 1.28 bits per heavy atom. The number of nitrogens with zero attached hydrogens (tertiary/aromatic N) is 3. The summed E-state index contributed by atoms with van der Waals surface area (Å²) in [4.78, 5) is 35.8. The summed E-state index contributed by atoms with van der Waals surface area (Å²) in [5.41, 5.74) is 6.35. The van der Waals surface area contributed by atoms with Crippen LogP contribution in [0.15, 0.2) is 23.2 Å². The molecule has 2 amide bonds. The largest absolute Gasteiger partial charge is 0.495 e. The van der Waals surface area contributed by atoms with Gasteiger partial charge in [-0.05, 0) is 38.0 Å². The summed E-state index contributed by atoms with van der Waals surface area (Å²) >= 11 is 0. The molecular weight excluding hydrogens is 573 g/mol. The van der Waals surface area contributed by atoms with Gasteiger partial charge in [0.2, 0.25) is 11.5 Å². The summed E-state index contributed by atoms with van der Waals surface area (Å²) < 4.78 is 60.4. The van der Waals surface area contributed by atoms with E-state index >= 15 is 0 Å². The molecule has 1 aromatic carbocycles. The number of rotatable bonds is 9. The molecule has 1 saturated heterocycles. The number of hydrogen-bond donors (Lipinski definition) is 4. The van der Waals surface area contributed by atoms with Gasteiger partial charge in [-0.3, -0.25) is 14.6 Å². The number of amides is 2. The number of pyridine rings is 1. The van der Waals surface area contributed by atoms with Crippen molar-refractivity contribution < 1.29 is 42.1 Å². The number of benzene rings is 1. The van der Waals surface area contributed by atoms with Crippen molar-refractivity contribution >= 4 is 29.5 Å². The number of hydrogen-bond acceptors (Lipinski definition) is 10. The number of carbonyl (C=O) groups excluding carboxylic acids is 2. The number of ether oxygens (including phenoxy) is 3. The van der Waals surface area contributed by atoms with Crippen LogP contribution in [0.2, 0.25) is 0 Å². The number of aromatic nitrogens is 1. The van der Waals surface area contributed by atoms with Crippen LogP contribution >= 0.6 is 0 Å². The number of carbonyl (C=O) groups is 2. The molecule has 3 heterocycles. The summed E-state index contributed by atoms with van der Waals surface area (Å²) in [6, 6.07) is 3.79. The Morgan fingerprint density at radius 2 is 1.98 bits per heavy atom. The summed E-state index contributed by atoms with van der Waals surface area (Å²) in [5, 5.41) is 13.4. The van der Waals surface area contributed by atoms with E-state index in [-0.39, 0.29) is 73.1 Å². The van der Waals surface area contributed by atoms with Gasteiger partial charge < -0.3 is 41.0 Å². The molecule has 2 aliphatic heterocycles. The zero-order valence-corrected chi connectivity index (χ0v) is 23.7. The van der Waals surface area contributed by atoms with Crippen LogP contribution in [-0.4, -0.2) is 86.9 Å². The fraction of sp³-hybridized carbons (Fsp3) is 0.500. The highest BCUT2D eigenvalue weighted by molar-refractivity contribution is 5.99. The Bertz CT molecular complexity index is 1460. The predicted molar refractivity (Wildman–Crippen MR) is 150 cm³/mol. The Balaban J connectivity index is 1.52. The number of alkyl halides is 3. The Kier molecular flexibility index (Phi) is 7.90. The van der Waals surface area contributed by atoms with Gasteiger partial charge in [0.05, 0.1) is 44.3 Å². The van der Waals surface area contributed by atoms with Crippen molar-refractivity contribution in [1.29, 1.82) is 0 Å². The molecule has 1 saturated carbocycles. The van der Waals surface area contributed by atoms with Crippen molar-refractivity contribution in [2.75, 3.05) is 57.2 Å². The minimum atomic E-state index is -5.30. The van der Waals surface area contributed by atoms with E-state index in [0.717, 1.165) is 18.9 Å². The van der Waals surface area contributed by atoms with E-state index < -0.39 is 41.2 Å². The second kappa shape index (κ2) is 11.2. The van der Waals surface area contributed by atoms with E-state index in [1.807, 2.05) is 0 Å². The van der Waals surface area contributed by atoms with Crippen molar-refractivity contribution in [3.05, 3.63) is 40.6 Å². The van der Waals surface area contributed by atoms with Crippen LogP contribution in [0.1, 0.15) is 46.9 Å². The first-order valence-corrected chi connectivity index (χ1v) is 13.7. The van der Waals surface area contributed by atoms with Gasteiger partial charge in [-0.2, -0.15) is 13.2 Å². The van der Waals surface area contributed by atoms with Crippen LogP contribution in [0.3, 0.4) is 0 Å². The number of aliphatic imine (C=N–C) groups is 1. The fourth-order valence-electron chi connectivity index (χ4n) is 4.88. The fourth-order valence-corrected chi connectivity index (χ4v) is 4.88. The molecule has 0 unspecified atom stereocenters. The molecule has 12 nitrogen and oxygen atoms in total. The SMILES string of the molecule is COc1cc(C(=O)NC[C@](O)(c2cc3c(c(N4CCOCC4)n2)OC[C@]3(C)C(N)=O)C(F)(F)F)cc(C=NC2CC2)c1N. The highest BCUT2D eigenvalue weighted by Crippen LogP contribution is 2.48. The second-order valence-corrected chi connectivity index (χ2v) is 11.0. The number of morpholine rings is 1. The van der Waals surface area contributed by atoms with Crippen LogP contribution in [-0.2, 0) is 20.5 Å². The van der Waals surface area contributed by atoms with Crippen LogP contribution in [0, 0.1) is 0 Å². The van der Waals surface area contributed by atoms with E-state index in [0.29, 0.717) is 5.56 Å². The Morgan fingerprint density at radius 3 is 2.58 bits per heavy atom.